The van der Waals surface area contributed by atoms with Crippen molar-refractivity contribution >= 4 is 17.6 Å². The molecule has 36 heavy (non-hydrogen) atoms. The monoisotopic (exact) mass is 496 g/mol. The Morgan fingerprint density at radius 1 is 1.00 bits per heavy atom. The van der Waals surface area contributed by atoms with Gasteiger partial charge in [0, 0.05) is 30.1 Å². The van der Waals surface area contributed by atoms with Gasteiger partial charge >= 0.3 is 5.97 Å². The van der Waals surface area contributed by atoms with Gasteiger partial charge in [-0.05, 0) is 49.2 Å². The van der Waals surface area contributed by atoms with Crippen LogP contribution in [0.2, 0.25) is 0 Å². The molecule has 0 spiro atoms. The fourth-order valence-corrected chi connectivity index (χ4v) is 4.93. The van der Waals surface area contributed by atoms with Crippen molar-refractivity contribution in [1.82, 2.24) is 4.90 Å². The number of rotatable bonds is 9. The van der Waals surface area contributed by atoms with Crippen molar-refractivity contribution < 1.29 is 29.3 Å². The highest BCUT2D eigenvalue weighted by molar-refractivity contribution is 5.92. The predicted molar refractivity (Wildman–Crippen MR) is 135 cm³/mol. The minimum Gasteiger partial charge on any atom is -0.481 e. The van der Waals surface area contributed by atoms with E-state index in [9.17, 15) is 14.7 Å². The number of carboxylic acids is 1. The summed E-state index contributed by atoms with van der Waals surface area (Å²) in [6, 6.07) is 15.2. The van der Waals surface area contributed by atoms with Crippen LogP contribution < -0.4 is 5.32 Å². The number of carboxylic acid groups (broad SMARTS) is 1. The first-order valence-corrected chi connectivity index (χ1v) is 12.8. The zero-order valence-electron chi connectivity index (χ0n) is 20.8. The van der Waals surface area contributed by atoms with Gasteiger partial charge in [0.15, 0.2) is 6.29 Å². The highest BCUT2D eigenvalue weighted by atomic mass is 16.7. The molecule has 0 unspecified atom stereocenters. The van der Waals surface area contributed by atoms with Gasteiger partial charge in [-0.1, -0.05) is 49.7 Å². The van der Waals surface area contributed by atoms with E-state index in [-0.39, 0.29) is 43.5 Å². The van der Waals surface area contributed by atoms with Crippen LogP contribution in [-0.4, -0.2) is 52.7 Å². The van der Waals surface area contributed by atoms with Gasteiger partial charge < -0.3 is 29.9 Å². The molecule has 0 radical (unpaired) electrons. The van der Waals surface area contributed by atoms with Gasteiger partial charge in [-0.3, -0.25) is 9.59 Å². The average molecular weight is 497 g/mol. The van der Waals surface area contributed by atoms with Gasteiger partial charge in [-0.2, -0.15) is 0 Å². The Kier molecular flexibility index (Phi) is 9.09. The first-order valence-electron chi connectivity index (χ1n) is 12.8. The van der Waals surface area contributed by atoms with E-state index in [1.165, 1.54) is 19.3 Å². The highest BCUT2D eigenvalue weighted by Crippen LogP contribution is 2.42. The fourth-order valence-electron chi connectivity index (χ4n) is 4.93. The van der Waals surface area contributed by atoms with E-state index < -0.39 is 12.3 Å². The molecule has 4 atom stereocenters. The van der Waals surface area contributed by atoms with Crippen LogP contribution in [0.3, 0.4) is 0 Å². The maximum absolute atomic E-state index is 12.1. The minimum absolute atomic E-state index is 0.00431. The van der Waals surface area contributed by atoms with E-state index in [1.54, 1.807) is 6.07 Å². The number of carbonyl (C=O) groups excluding carboxylic acids is 1. The molecule has 2 aliphatic heterocycles. The third-order valence-corrected chi connectivity index (χ3v) is 7.02. The Balaban J connectivity index is 1.54. The molecule has 2 fully saturated rings. The smallest absolute Gasteiger partial charge is 0.303 e. The van der Waals surface area contributed by atoms with E-state index in [0.29, 0.717) is 5.69 Å². The number of hydrogen-bond donors (Lipinski definition) is 3. The van der Waals surface area contributed by atoms with Crippen LogP contribution in [0.25, 0.3) is 0 Å². The largest absolute Gasteiger partial charge is 0.481 e. The molecule has 2 aromatic carbocycles. The molecular formula is C28H36N2O6. The van der Waals surface area contributed by atoms with E-state index in [2.05, 4.69) is 17.1 Å². The highest BCUT2D eigenvalue weighted by Gasteiger charge is 2.39. The second-order valence-corrected chi connectivity index (χ2v) is 9.75. The molecule has 194 valence electrons. The molecule has 2 saturated heterocycles. The van der Waals surface area contributed by atoms with E-state index >= 15 is 0 Å². The van der Waals surface area contributed by atoms with Crippen LogP contribution in [0.4, 0.5) is 5.69 Å². The lowest BCUT2D eigenvalue weighted by Gasteiger charge is -2.43. The summed E-state index contributed by atoms with van der Waals surface area (Å²) in [5, 5.41) is 21.0. The number of ether oxygens (including phenoxy) is 2. The summed E-state index contributed by atoms with van der Waals surface area (Å²) in [7, 11) is 0. The van der Waals surface area contributed by atoms with Gasteiger partial charge in [0.2, 0.25) is 5.91 Å². The summed E-state index contributed by atoms with van der Waals surface area (Å²) in [5.74, 6) is -1.24. The van der Waals surface area contributed by atoms with Gasteiger partial charge in [0.05, 0.1) is 25.2 Å². The van der Waals surface area contributed by atoms with Gasteiger partial charge in [-0.25, -0.2) is 0 Å². The number of amides is 1. The van der Waals surface area contributed by atoms with Gasteiger partial charge in [-0.15, -0.1) is 0 Å². The number of likely N-dealkylation sites (tertiary alicyclic amines) is 1. The molecule has 1 amide bonds. The molecule has 2 aromatic rings. The molecule has 3 N–H and O–H groups in total. The second-order valence-electron chi connectivity index (χ2n) is 9.75. The van der Waals surface area contributed by atoms with Crippen LogP contribution >= 0.6 is 0 Å². The first kappa shape index (κ1) is 26.3. The molecular weight excluding hydrogens is 460 g/mol. The molecule has 2 heterocycles. The topological polar surface area (TPSA) is 108 Å². The van der Waals surface area contributed by atoms with Crippen molar-refractivity contribution in [2.24, 2.45) is 5.92 Å². The van der Waals surface area contributed by atoms with Crippen molar-refractivity contribution in [1.29, 1.82) is 0 Å². The lowest BCUT2D eigenvalue weighted by molar-refractivity contribution is -0.276. The maximum Gasteiger partial charge on any atom is 0.303 e. The Morgan fingerprint density at radius 2 is 1.75 bits per heavy atom. The summed E-state index contributed by atoms with van der Waals surface area (Å²) >= 11 is 0. The maximum atomic E-state index is 12.1. The standard InChI is InChI=1S/C28H36N2O6/c1-19-24(17-30-14-3-2-4-15-30)35-28(36-27(19)21-10-8-20(18-31)9-11-21)22-6-5-7-23(16-22)29-25(32)12-13-26(33)34/h5-11,16,19,24,27-28,31H,2-4,12-15,17-18H2,1H3,(H,29,32)(H,33,34)/t19-,24+,27+,28+/m1/s1. The van der Waals surface area contributed by atoms with Crippen molar-refractivity contribution in [2.75, 3.05) is 25.0 Å². The first-order chi connectivity index (χ1) is 17.4. The minimum atomic E-state index is -1.00. The molecule has 8 nitrogen and oxygen atoms in total. The zero-order valence-corrected chi connectivity index (χ0v) is 20.8. The summed E-state index contributed by atoms with van der Waals surface area (Å²) in [5.41, 5.74) is 3.25. The summed E-state index contributed by atoms with van der Waals surface area (Å²) in [6.07, 6.45) is 2.53. The number of piperidine rings is 1. The lowest BCUT2D eigenvalue weighted by atomic mass is 9.89. The number of anilines is 1. The van der Waals surface area contributed by atoms with Crippen LogP contribution in [0.1, 0.15) is 68.1 Å². The number of nitrogens with zero attached hydrogens (tertiary/aromatic N) is 1. The molecule has 2 aliphatic rings. The number of hydrogen-bond acceptors (Lipinski definition) is 6. The second kappa shape index (κ2) is 12.5. The Bertz CT molecular complexity index is 1020. The Hall–Kier alpha value is -2.78. The summed E-state index contributed by atoms with van der Waals surface area (Å²) in [6.45, 7) is 5.14. The van der Waals surface area contributed by atoms with Crippen molar-refractivity contribution in [3.8, 4) is 0 Å². The van der Waals surface area contributed by atoms with Gasteiger partial charge in [0.25, 0.3) is 0 Å². The number of benzene rings is 2. The van der Waals surface area contributed by atoms with E-state index in [1.807, 2.05) is 42.5 Å². The molecule has 4 rings (SSSR count). The molecule has 0 bridgehead atoms. The molecule has 8 heteroatoms. The lowest BCUT2D eigenvalue weighted by Crippen LogP contribution is -2.45. The Morgan fingerprint density at radius 3 is 2.44 bits per heavy atom. The molecule has 0 aromatic heterocycles. The Labute approximate surface area is 212 Å². The zero-order chi connectivity index (χ0) is 25.5. The van der Waals surface area contributed by atoms with Crippen molar-refractivity contribution in [2.45, 2.75) is 64.1 Å². The van der Waals surface area contributed by atoms with Crippen LogP contribution in [-0.2, 0) is 25.7 Å². The predicted octanol–water partition coefficient (Wildman–Crippen LogP) is 4.26. The third kappa shape index (κ3) is 6.91. The fraction of sp³-hybridized carbons (Fsp3) is 0.500. The molecule has 0 aliphatic carbocycles. The number of aliphatic hydroxyl groups is 1. The normalized spacial score (nSPS) is 24.8. The van der Waals surface area contributed by atoms with Crippen LogP contribution in [0.15, 0.2) is 48.5 Å². The number of aliphatic carboxylic acids is 1. The SMILES string of the molecule is C[C@@H]1[C@H](CN2CCCCC2)O[C@H](c2cccc(NC(=O)CCC(=O)O)c2)O[C@@H]1c1ccc(CO)cc1. The number of nitrogens with one attached hydrogen (secondary N) is 1. The third-order valence-electron chi connectivity index (χ3n) is 7.02. The van der Waals surface area contributed by atoms with Crippen molar-refractivity contribution in [3.63, 3.8) is 0 Å². The number of carbonyl (C=O) groups is 2. The summed E-state index contributed by atoms with van der Waals surface area (Å²) in [4.78, 5) is 25.4. The van der Waals surface area contributed by atoms with Gasteiger partial charge in [0.1, 0.15) is 0 Å². The van der Waals surface area contributed by atoms with E-state index in [0.717, 1.165) is 36.3 Å². The van der Waals surface area contributed by atoms with Crippen LogP contribution in [0.5, 0.6) is 0 Å². The average Bonchev–Trinajstić information content (AvgIpc) is 2.89. The number of aliphatic hydroxyl groups excluding tert-OH is 1. The molecule has 0 saturated carbocycles. The quantitative estimate of drug-likeness (QED) is 0.476. The van der Waals surface area contributed by atoms with Crippen LogP contribution in [0, 0.1) is 5.92 Å². The van der Waals surface area contributed by atoms with Crippen molar-refractivity contribution in [3.05, 3.63) is 65.2 Å². The summed E-state index contributed by atoms with van der Waals surface area (Å²) < 4.78 is 13.0. The van der Waals surface area contributed by atoms with E-state index in [4.69, 9.17) is 14.6 Å².